The number of alkyl halides is 3. The lowest BCUT2D eigenvalue weighted by Crippen LogP contribution is -2.22. The fourth-order valence-electron chi connectivity index (χ4n) is 2.95. The van der Waals surface area contributed by atoms with E-state index in [9.17, 15) is 21.6 Å². The molecule has 1 aliphatic heterocycles. The van der Waals surface area contributed by atoms with Crippen molar-refractivity contribution in [3.63, 3.8) is 0 Å². The van der Waals surface area contributed by atoms with Crippen LogP contribution in [0.2, 0.25) is 5.02 Å². The van der Waals surface area contributed by atoms with E-state index in [-0.39, 0.29) is 27.0 Å². The second-order valence-corrected chi connectivity index (χ2v) is 9.65. The van der Waals surface area contributed by atoms with Gasteiger partial charge in [0.25, 0.3) is 10.0 Å². The molecule has 0 unspecified atom stereocenters. The Balaban J connectivity index is 1.86. The third-order valence-corrected chi connectivity index (χ3v) is 6.47. The highest BCUT2D eigenvalue weighted by Gasteiger charge is 2.34. The second-order valence-electron chi connectivity index (χ2n) is 6.68. The number of nitrogens with one attached hydrogen (secondary N) is 1. The number of sulfonamides is 1. The summed E-state index contributed by atoms with van der Waals surface area (Å²) in [5.74, 6) is -0.580. The van der Waals surface area contributed by atoms with Gasteiger partial charge in [0, 0.05) is 23.6 Å². The minimum Gasteiger partial charge on any atom is -0.487 e. The van der Waals surface area contributed by atoms with Gasteiger partial charge in [0.05, 0.1) is 10.7 Å². The summed E-state index contributed by atoms with van der Waals surface area (Å²) in [6.45, 7) is 1.56. The van der Waals surface area contributed by atoms with E-state index in [1.54, 1.807) is 0 Å². The molecule has 1 atom stereocenters. The largest absolute Gasteiger partial charge is 0.573 e. The van der Waals surface area contributed by atoms with Gasteiger partial charge in [-0.15, -0.1) is 13.2 Å². The SMILES string of the molecule is CN1CC[C@@H](Oc2cc(NS(=O)(=O)c3ccc(Br)cc3OC(F)(F)F)ccc2Cl)C1. The first-order valence-electron chi connectivity index (χ1n) is 8.66. The Morgan fingerprint density at radius 1 is 1.20 bits per heavy atom. The minimum absolute atomic E-state index is 0.0848. The number of halogens is 5. The molecule has 12 heteroatoms. The minimum atomic E-state index is -5.05. The molecule has 0 aromatic heterocycles. The Kier molecular flexibility index (Phi) is 6.75. The lowest BCUT2D eigenvalue weighted by Gasteiger charge is -2.17. The van der Waals surface area contributed by atoms with Crippen molar-refractivity contribution in [2.24, 2.45) is 0 Å². The first-order valence-corrected chi connectivity index (χ1v) is 11.3. The van der Waals surface area contributed by atoms with E-state index in [2.05, 4.69) is 30.3 Å². The Hall–Kier alpha value is -1.69. The molecule has 0 radical (unpaired) electrons. The van der Waals surface area contributed by atoms with E-state index in [0.717, 1.165) is 25.1 Å². The normalized spacial score (nSPS) is 17.7. The average Bonchev–Trinajstić information content (AvgIpc) is 3.01. The number of benzene rings is 2. The van der Waals surface area contributed by atoms with Crippen molar-refractivity contribution in [2.75, 3.05) is 24.9 Å². The van der Waals surface area contributed by atoms with Crippen LogP contribution in [0.1, 0.15) is 6.42 Å². The summed E-state index contributed by atoms with van der Waals surface area (Å²) in [4.78, 5) is 1.42. The first kappa shape index (κ1) is 23.0. The van der Waals surface area contributed by atoms with E-state index in [0.29, 0.717) is 6.54 Å². The number of hydrogen-bond acceptors (Lipinski definition) is 5. The van der Waals surface area contributed by atoms with Crippen molar-refractivity contribution >= 4 is 43.2 Å². The van der Waals surface area contributed by atoms with Crippen LogP contribution in [0.25, 0.3) is 0 Å². The molecule has 1 saturated heterocycles. The Labute approximate surface area is 185 Å². The van der Waals surface area contributed by atoms with Gasteiger partial charge in [-0.2, -0.15) is 0 Å². The fourth-order valence-corrected chi connectivity index (χ4v) is 4.61. The van der Waals surface area contributed by atoms with Gasteiger partial charge in [0.15, 0.2) is 5.75 Å². The molecule has 0 saturated carbocycles. The molecule has 30 heavy (non-hydrogen) atoms. The van der Waals surface area contributed by atoms with Crippen LogP contribution >= 0.6 is 27.5 Å². The number of likely N-dealkylation sites (tertiary alicyclic amines) is 1. The number of rotatable bonds is 6. The van der Waals surface area contributed by atoms with E-state index >= 15 is 0 Å². The number of nitrogens with zero attached hydrogens (tertiary/aromatic N) is 1. The maximum absolute atomic E-state index is 12.7. The molecule has 0 spiro atoms. The quantitative estimate of drug-likeness (QED) is 0.578. The number of hydrogen-bond donors (Lipinski definition) is 1. The summed E-state index contributed by atoms with van der Waals surface area (Å²) in [5, 5.41) is 0.289. The highest BCUT2D eigenvalue weighted by atomic mass is 79.9. The number of ether oxygens (including phenoxy) is 2. The van der Waals surface area contributed by atoms with Crippen LogP contribution in [0.3, 0.4) is 0 Å². The van der Waals surface area contributed by atoms with Crippen LogP contribution < -0.4 is 14.2 Å². The maximum atomic E-state index is 12.7. The van der Waals surface area contributed by atoms with Crippen molar-refractivity contribution in [2.45, 2.75) is 23.8 Å². The summed E-state index contributed by atoms with van der Waals surface area (Å²) in [6, 6.07) is 7.45. The predicted molar refractivity (Wildman–Crippen MR) is 110 cm³/mol. The average molecular weight is 530 g/mol. The fraction of sp³-hybridized carbons (Fsp3) is 0.333. The molecule has 6 nitrogen and oxygen atoms in total. The van der Waals surface area contributed by atoms with Crippen LogP contribution in [-0.4, -0.2) is 45.9 Å². The van der Waals surface area contributed by atoms with Crippen molar-refractivity contribution in [1.82, 2.24) is 4.90 Å². The lowest BCUT2D eigenvalue weighted by atomic mass is 10.3. The molecule has 1 fully saturated rings. The van der Waals surface area contributed by atoms with Crippen LogP contribution in [-0.2, 0) is 10.0 Å². The number of likely N-dealkylation sites (N-methyl/N-ethyl adjacent to an activating group) is 1. The molecule has 2 aromatic rings. The molecular formula is C18H17BrClF3N2O4S. The Morgan fingerprint density at radius 2 is 1.93 bits per heavy atom. The molecule has 164 valence electrons. The van der Waals surface area contributed by atoms with Crippen molar-refractivity contribution < 1.29 is 31.1 Å². The molecule has 1 N–H and O–H groups in total. The standard InChI is InChI=1S/C18H17BrClF3N2O4S/c1-25-7-6-13(10-25)28-15-9-12(3-4-14(15)20)24-30(26,27)17-5-2-11(19)8-16(17)29-18(21,22)23/h2-5,8-9,13,24H,6-7,10H2,1H3/t13-/m1/s1. The van der Waals surface area contributed by atoms with E-state index < -0.39 is 27.0 Å². The third kappa shape index (κ3) is 5.93. The number of anilines is 1. The second kappa shape index (κ2) is 8.81. The van der Waals surface area contributed by atoms with Gasteiger partial charge in [0.2, 0.25) is 0 Å². The highest BCUT2D eigenvalue weighted by molar-refractivity contribution is 9.10. The zero-order chi connectivity index (χ0) is 22.1. The molecule has 1 aliphatic rings. The first-order chi connectivity index (χ1) is 13.9. The van der Waals surface area contributed by atoms with Gasteiger partial charge in [-0.25, -0.2) is 8.42 Å². The van der Waals surface area contributed by atoms with Gasteiger partial charge in [0.1, 0.15) is 16.7 Å². The van der Waals surface area contributed by atoms with Crippen molar-refractivity contribution in [3.05, 3.63) is 45.9 Å². The van der Waals surface area contributed by atoms with Crippen LogP contribution in [0.4, 0.5) is 18.9 Å². The van der Waals surface area contributed by atoms with Crippen LogP contribution in [0.15, 0.2) is 45.8 Å². The topological polar surface area (TPSA) is 67.9 Å². The lowest BCUT2D eigenvalue weighted by molar-refractivity contribution is -0.275. The molecule has 0 aliphatic carbocycles. The Bertz CT molecular complexity index is 1040. The maximum Gasteiger partial charge on any atom is 0.573 e. The zero-order valence-electron chi connectivity index (χ0n) is 15.5. The van der Waals surface area contributed by atoms with Crippen LogP contribution in [0, 0.1) is 0 Å². The predicted octanol–water partition coefficient (Wildman–Crippen LogP) is 4.88. The van der Waals surface area contributed by atoms with E-state index in [1.807, 2.05) is 7.05 Å². The zero-order valence-corrected chi connectivity index (χ0v) is 18.7. The van der Waals surface area contributed by atoms with Gasteiger partial charge in [-0.05, 0) is 43.8 Å². The molecule has 0 amide bonds. The van der Waals surface area contributed by atoms with Gasteiger partial charge in [-0.1, -0.05) is 27.5 Å². The van der Waals surface area contributed by atoms with Gasteiger partial charge >= 0.3 is 6.36 Å². The van der Waals surface area contributed by atoms with E-state index in [4.69, 9.17) is 16.3 Å². The molecule has 0 bridgehead atoms. The van der Waals surface area contributed by atoms with Gasteiger partial charge in [-0.3, -0.25) is 4.72 Å². The summed E-state index contributed by atoms with van der Waals surface area (Å²) in [6.07, 6.45) is -4.36. The molecule has 3 rings (SSSR count). The summed E-state index contributed by atoms with van der Waals surface area (Å²) >= 11 is 9.15. The monoisotopic (exact) mass is 528 g/mol. The van der Waals surface area contributed by atoms with Gasteiger partial charge < -0.3 is 14.4 Å². The van der Waals surface area contributed by atoms with Crippen molar-refractivity contribution in [3.8, 4) is 11.5 Å². The van der Waals surface area contributed by atoms with Crippen LogP contribution in [0.5, 0.6) is 11.5 Å². The van der Waals surface area contributed by atoms with E-state index in [1.165, 1.54) is 24.3 Å². The third-order valence-electron chi connectivity index (χ3n) is 4.25. The molecular weight excluding hydrogens is 513 g/mol. The highest BCUT2D eigenvalue weighted by Crippen LogP contribution is 2.35. The van der Waals surface area contributed by atoms with Crippen molar-refractivity contribution in [1.29, 1.82) is 0 Å². The Morgan fingerprint density at radius 3 is 2.57 bits per heavy atom. The summed E-state index contributed by atoms with van der Waals surface area (Å²) < 4.78 is 75.8. The smallest absolute Gasteiger partial charge is 0.487 e. The summed E-state index contributed by atoms with van der Waals surface area (Å²) in [5.41, 5.74) is 0.0848. The molecule has 2 aromatic carbocycles. The summed E-state index contributed by atoms with van der Waals surface area (Å²) in [7, 11) is -2.45. The molecule has 1 heterocycles.